The molecule has 1 heterocycles. The molecule has 2 aromatic rings. The Hall–Kier alpha value is -3.39. The molecular weight excluding hydrogens is 386 g/mol. The molecule has 2 amide bonds. The summed E-state index contributed by atoms with van der Waals surface area (Å²) in [5.41, 5.74) is 1.64. The summed E-state index contributed by atoms with van der Waals surface area (Å²) < 4.78 is 5.38. The maximum Gasteiger partial charge on any atom is 0.330 e. The second-order valence-electron chi connectivity index (χ2n) is 7.04. The zero-order valence-corrected chi connectivity index (χ0v) is 16.5. The summed E-state index contributed by atoms with van der Waals surface area (Å²) >= 11 is 0. The number of ether oxygens (including phenoxy) is 1. The zero-order valence-electron chi connectivity index (χ0n) is 16.5. The van der Waals surface area contributed by atoms with Crippen molar-refractivity contribution in [2.24, 2.45) is 0 Å². The number of hydrogen-bond donors (Lipinski definition) is 3. The van der Waals surface area contributed by atoms with Crippen LogP contribution in [0.2, 0.25) is 0 Å². The van der Waals surface area contributed by atoms with Crippen molar-refractivity contribution < 1.29 is 24.2 Å². The van der Waals surface area contributed by atoms with Gasteiger partial charge in [-0.25, -0.2) is 14.4 Å². The van der Waals surface area contributed by atoms with Crippen LogP contribution >= 0.6 is 0 Å². The third-order valence-corrected chi connectivity index (χ3v) is 4.88. The minimum absolute atomic E-state index is 0.109. The van der Waals surface area contributed by atoms with E-state index in [1.165, 1.54) is 4.90 Å². The molecule has 0 aliphatic carbocycles. The number of benzene rings is 2. The highest BCUT2D eigenvalue weighted by molar-refractivity contribution is 5.87. The first-order valence-corrected chi connectivity index (χ1v) is 9.79. The summed E-state index contributed by atoms with van der Waals surface area (Å²) in [7, 11) is 0. The normalized spacial score (nSPS) is 17.1. The third kappa shape index (κ3) is 5.81. The maximum atomic E-state index is 12.8. The van der Waals surface area contributed by atoms with E-state index in [-0.39, 0.29) is 26.1 Å². The SMILES string of the molecule is O=C(O)C(Cc1ccccc1)NC(=O)N1CCNCC1C(=O)OCc1ccccc1. The van der Waals surface area contributed by atoms with Gasteiger partial charge < -0.3 is 25.4 Å². The predicted octanol–water partition coefficient (Wildman–Crippen LogP) is 1.41. The Bertz CT molecular complexity index is 860. The number of piperazine rings is 1. The van der Waals surface area contributed by atoms with Crippen molar-refractivity contribution in [3.63, 3.8) is 0 Å². The molecule has 8 heteroatoms. The highest BCUT2D eigenvalue weighted by atomic mass is 16.5. The predicted molar refractivity (Wildman–Crippen MR) is 110 cm³/mol. The van der Waals surface area contributed by atoms with E-state index in [0.717, 1.165) is 11.1 Å². The third-order valence-electron chi connectivity index (χ3n) is 4.88. The Morgan fingerprint density at radius 1 is 1.07 bits per heavy atom. The van der Waals surface area contributed by atoms with Crippen molar-refractivity contribution in [3.8, 4) is 0 Å². The molecule has 1 aliphatic rings. The average molecular weight is 411 g/mol. The Kier molecular flexibility index (Phi) is 7.40. The molecule has 1 aliphatic heterocycles. The van der Waals surface area contributed by atoms with E-state index < -0.39 is 30.1 Å². The van der Waals surface area contributed by atoms with Crippen molar-refractivity contribution in [2.45, 2.75) is 25.1 Å². The molecule has 3 rings (SSSR count). The van der Waals surface area contributed by atoms with Crippen molar-refractivity contribution in [3.05, 3.63) is 71.8 Å². The van der Waals surface area contributed by atoms with Gasteiger partial charge in [-0.2, -0.15) is 0 Å². The minimum Gasteiger partial charge on any atom is -0.480 e. The van der Waals surface area contributed by atoms with Crippen molar-refractivity contribution >= 4 is 18.0 Å². The number of carbonyl (C=O) groups excluding carboxylic acids is 2. The first-order chi connectivity index (χ1) is 14.5. The number of rotatable bonds is 7. The van der Waals surface area contributed by atoms with E-state index in [4.69, 9.17) is 4.74 Å². The van der Waals surface area contributed by atoms with Crippen LogP contribution in [0.15, 0.2) is 60.7 Å². The smallest absolute Gasteiger partial charge is 0.330 e. The van der Waals surface area contributed by atoms with Crippen molar-refractivity contribution in [2.75, 3.05) is 19.6 Å². The molecule has 30 heavy (non-hydrogen) atoms. The first-order valence-electron chi connectivity index (χ1n) is 9.79. The van der Waals surface area contributed by atoms with Crippen LogP contribution in [0.3, 0.4) is 0 Å². The number of carbonyl (C=O) groups is 3. The monoisotopic (exact) mass is 411 g/mol. The standard InChI is InChI=1S/C22H25N3O5/c26-20(27)18(13-16-7-3-1-4-8-16)24-22(29)25-12-11-23-14-19(25)21(28)30-15-17-9-5-2-6-10-17/h1-10,18-19,23H,11-15H2,(H,24,29)(H,26,27). The lowest BCUT2D eigenvalue weighted by Crippen LogP contribution is -2.61. The van der Waals surface area contributed by atoms with Crippen LogP contribution in [-0.2, 0) is 27.4 Å². The summed E-state index contributed by atoms with van der Waals surface area (Å²) in [6.07, 6.45) is 0.150. The van der Waals surface area contributed by atoms with Gasteiger partial charge >= 0.3 is 18.0 Å². The lowest BCUT2D eigenvalue weighted by molar-refractivity contribution is -0.150. The first kappa shape index (κ1) is 21.3. The van der Waals surface area contributed by atoms with Crippen molar-refractivity contribution in [1.29, 1.82) is 0 Å². The molecule has 0 spiro atoms. The molecule has 2 unspecified atom stereocenters. The second kappa shape index (κ2) is 10.4. The lowest BCUT2D eigenvalue weighted by atomic mass is 10.1. The fourth-order valence-corrected chi connectivity index (χ4v) is 3.26. The van der Waals surface area contributed by atoms with Gasteiger partial charge in [0.15, 0.2) is 0 Å². The number of nitrogens with one attached hydrogen (secondary N) is 2. The Labute approximate surface area is 174 Å². The van der Waals surface area contributed by atoms with E-state index in [9.17, 15) is 19.5 Å². The van der Waals surface area contributed by atoms with Crippen LogP contribution in [0, 0.1) is 0 Å². The Balaban J connectivity index is 1.62. The lowest BCUT2D eigenvalue weighted by Gasteiger charge is -2.35. The largest absolute Gasteiger partial charge is 0.480 e. The Morgan fingerprint density at radius 2 is 1.70 bits per heavy atom. The van der Waals surface area contributed by atoms with Crippen LogP contribution in [0.5, 0.6) is 0 Å². The van der Waals surface area contributed by atoms with Gasteiger partial charge in [0.05, 0.1) is 0 Å². The number of amides is 2. The summed E-state index contributed by atoms with van der Waals surface area (Å²) in [6, 6.07) is 15.8. The van der Waals surface area contributed by atoms with Gasteiger partial charge in [0.25, 0.3) is 0 Å². The molecule has 0 bridgehead atoms. The van der Waals surface area contributed by atoms with Crippen LogP contribution in [0.4, 0.5) is 4.79 Å². The molecular formula is C22H25N3O5. The van der Waals surface area contributed by atoms with E-state index in [1.807, 2.05) is 48.5 Å². The molecule has 0 radical (unpaired) electrons. The quantitative estimate of drug-likeness (QED) is 0.595. The topological polar surface area (TPSA) is 108 Å². The van der Waals surface area contributed by atoms with Crippen LogP contribution in [0.1, 0.15) is 11.1 Å². The highest BCUT2D eigenvalue weighted by Crippen LogP contribution is 2.10. The fourth-order valence-electron chi connectivity index (χ4n) is 3.26. The molecule has 158 valence electrons. The number of urea groups is 1. The van der Waals surface area contributed by atoms with Crippen molar-refractivity contribution in [1.82, 2.24) is 15.5 Å². The number of nitrogens with zero attached hydrogens (tertiary/aromatic N) is 1. The maximum absolute atomic E-state index is 12.8. The van der Waals surface area contributed by atoms with Gasteiger partial charge in [-0.05, 0) is 11.1 Å². The van der Waals surface area contributed by atoms with Gasteiger partial charge in [0, 0.05) is 26.1 Å². The number of esters is 1. The van der Waals surface area contributed by atoms with Crippen LogP contribution in [0.25, 0.3) is 0 Å². The molecule has 8 nitrogen and oxygen atoms in total. The average Bonchev–Trinajstić information content (AvgIpc) is 2.78. The van der Waals surface area contributed by atoms with E-state index in [1.54, 1.807) is 12.1 Å². The van der Waals surface area contributed by atoms with Gasteiger partial charge in [-0.3, -0.25) is 0 Å². The number of aliphatic carboxylic acids is 1. The molecule has 1 fully saturated rings. The summed E-state index contributed by atoms with van der Waals surface area (Å²) in [5, 5.41) is 15.2. The van der Waals surface area contributed by atoms with E-state index in [2.05, 4.69) is 10.6 Å². The fraction of sp³-hybridized carbons (Fsp3) is 0.318. The molecule has 2 atom stereocenters. The van der Waals surface area contributed by atoms with Gasteiger partial charge in [0.2, 0.25) is 0 Å². The number of carboxylic acid groups (broad SMARTS) is 1. The molecule has 3 N–H and O–H groups in total. The van der Waals surface area contributed by atoms with Crippen LogP contribution < -0.4 is 10.6 Å². The molecule has 0 saturated carbocycles. The highest BCUT2D eigenvalue weighted by Gasteiger charge is 2.35. The van der Waals surface area contributed by atoms with E-state index >= 15 is 0 Å². The second-order valence-corrected chi connectivity index (χ2v) is 7.04. The summed E-state index contributed by atoms with van der Waals surface area (Å²) in [5.74, 6) is -1.67. The summed E-state index contributed by atoms with van der Waals surface area (Å²) in [6.45, 7) is 1.13. The minimum atomic E-state index is -1.13. The Morgan fingerprint density at radius 3 is 2.33 bits per heavy atom. The number of carboxylic acids is 1. The van der Waals surface area contributed by atoms with Gasteiger partial charge in [0.1, 0.15) is 18.7 Å². The zero-order chi connectivity index (χ0) is 21.3. The summed E-state index contributed by atoms with van der Waals surface area (Å²) in [4.78, 5) is 38.4. The molecule has 2 aromatic carbocycles. The van der Waals surface area contributed by atoms with Crippen LogP contribution in [-0.4, -0.2) is 59.7 Å². The van der Waals surface area contributed by atoms with E-state index in [0.29, 0.717) is 6.54 Å². The van der Waals surface area contributed by atoms with Gasteiger partial charge in [-0.15, -0.1) is 0 Å². The number of hydrogen-bond acceptors (Lipinski definition) is 5. The molecule has 1 saturated heterocycles. The van der Waals surface area contributed by atoms with Gasteiger partial charge in [-0.1, -0.05) is 60.7 Å². The molecule has 0 aromatic heterocycles.